The molecule has 5 rings (SSSR count). The van der Waals surface area contributed by atoms with Crippen LogP contribution in [0.1, 0.15) is 35.7 Å². The summed E-state index contributed by atoms with van der Waals surface area (Å²) in [6, 6.07) is 18.7. The lowest BCUT2D eigenvalue weighted by molar-refractivity contribution is 0.222. The number of ether oxygens (including phenoxy) is 1. The molecule has 1 saturated heterocycles. The van der Waals surface area contributed by atoms with Crippen LogP contribution in [-0.4, -0.2) is 29.7 Å². The van der Waals surface area contributed by atoms with Crippen LogP contribution < -0.4 is 4.74 Å². The Morgan fingerprint density at radius 1 is 1.08 bits per heavy atom. The number of fused-ring (bicyclic) bond motifs is 6. The lowest BCUT2D eigenvalue weighted by Crippen LogP contribution is -2.34. The third kappa shape index (κ3) is 2.38. The maximum Gasteiger partial charge on any atom is 0.119 e. The van der Waals surface area contributed by atoms with Crippen LogP contribution in [0, 0.1) is 0 Å². The van der Waals surface area contributed by atoms with Crippen molar-refractivity contribution < 1.29 is 4.74 Å². The molecule has 0 amide bonds. The van der Waals surface area contributed by atoms with Crippen LogP contribution in [0.15, 0.2) is 48.5 Å². The van der Waals surface area contributed by atoms with Crippen molar-refractivity contribution in [2.45, 2.75) is 44.3 Å². The molecule has 2 aliphatic heterocycles. The minimum atomic E-state index is 0.566. The zero-order valence-electron chi connectivity index (χ0n) is 15.6. The topological polar surface area (TPSA) is 17.4 Å². The molecule has 1 fully saturated rings. The van der Waals surface area contributed by atoms with Gasteiger partial charge < -0.3 is 9.30 Å². The summed E-state index contributed by atoms with van der Waals surface area (Å²) >= 11 is 0. The molecule has 3 heteroatoms. The molecule has 0 spiro atoms. The van der Waals surface area contributed by atoms with Gasteiger partial charge in [-0.3, -0.25) is 4.90 Å². The third-order valence-corrected chi connectivity index (χ3v) is 6.49. The van der Waals surface area contributed by atoms with Crippen LogP contribution in [0.25, 0.3) is 10.9 Å². The lowest BCUT2D eigenvalue weighted by atomic mass is 9.97. The van der Waals surface area contributed by atoms with Crippen LogP contribution >= 0.6 is 0 Å². The van der Waals surface area contributed by atoms with E-state index in [-0.39, 0.29) is 0 Å². The Bertz CT molecular complexity index is 944. The van der Waals surface area contributed by atoms with Crippen molar-refractivity contribution in [3.63, 3.8) is 0 Å². The molecule has 3 nitrogen and oxygen atoms in total. The second kappa shape index (κ2) is 6.17. The first kappa shape index (κ1) is 16.0. The molecule has 2 unspecified atom stereocenters. The predicted molar refractivity (Wildman–Crippen MR) is 106 cm³/mol. The molecule has 26 heavy (non-hydrogen) atoms. The van der Waals surface area contributed by atoms with Crippen molar-refractivity contribution in [2.24, 2.45) is 0 Å². The molecule has 2 aromatic carbocycles. The molecule has 3 heterocycles. The van der Waals surface area contributed by atoms with E-state index >= 15 is 0 Å². The van der Waals surface area contributed by atoms with Gasteiger partial charge in [0, 0.05) is 41.6 Å². The number of rotatable bonds is 4. The highest BCUT2D eigenvalue weighted by Crippen LogP contribution is 2.47. The Balaban J connectivity index is 1.62. The molecular weight excluding hydrogens is 320 g/mol. The molecular formula is C23H26N2O. The highest BCUT2D eigenvalue weighted by molar-refractivity contribution is 5.88. The summed E-state index contributed by atoms with van der Waals surface area (Å²) < 4.78 is 8.13. The second-order valence-corrected chi connectivity index (χ2v) is 7.75. The normalized spacial score (nSPS) is 21.9. The van der Waals surface area contributed by atoms with E-state index < -0.39 is 0 Å². The smallest absolute Gasteiger partial charge is 0.119 e. The minimum absolute atomic E-state index is 0.566. The number of methoxy groups -OCH3 is 1. The van der Waals surface area contributed by atoms with E-state index in [1.54, 1.807) is 18.4 Å². The Labute approximate surface area is 155 Å². The maximum absolute atomic E-state index is 5.54. The van der Waals surface area contributed by atoms with Gasteiger partial charge in [-0.25, -0.2) is 0 Å². The number of nitrogens with zero attached hydrogens (tertiary/aromatic N) is 2. The van der Waals surface area contributed by atoms with Crippen LogP contribution in [0.4, 0.5) is 0 Å². The average molecular weight is 346 g/mol. The molecule has 2 aliphatic rings. The van der Waals surface area contributed by atoms with Gasteiger partial charge in [-0.1, -0.05) is 30.3 Å². The van der Waals surface area contributed by atoms with E-state index in [1.165, 1.54) is 35.7 Å². The first-order chi connectivity index (χ1) is 12.8. The summed E-state index contributed by atoms with van der Waals surface area (Å²) in [5, 5.41) is 1.39. The average Bonchev–Trinajstić information content (AvgIpc) is 3.10. The Morgan fingerprint density at radius 2 is 1.92 bits per heavy atom. The molecule has 0 aliphatic carbocycles. The number of benzene rings is 2. The number of hydrogen-bond acceptors (Lipinski definition) is 2. The Morgan fingerprint density at radius 3 is 2.73 bits per heavy atom. The van der Waals surface area contributed by atoms with E-state index in [0.29, 0.717) is 12.1 Å². The largest absolute Gasteiger partial charge is 0.497 e. The van der Waals surface area contributed by atoms with Crippen molar-refractivity contribution in [3.05, 3.63) is 65.4 Å². The molecule has 1 aromatic heterocycles. The van der Waals surface area contributed by atoms with Gasteiger partial charge in [0.1, 0.15) is 5.75 Å². The summed E-state index contributed by atoms with van der Waals surface area (Å²) in [6.45, 7) is 1.05. The van der Waals surface area contributed by atoms with Gasteiger partial charge in [-0.15, -0.1) is 0 Å². The van der Waals surface area contributed by atoms with Gasteiger partial charge >= 0.3 is 0 Å². The summed E-state index contributed by atoms with van der Waals surface area (Å²) in [4.78, 5) is 2.60. The molecule has 2 bridgehead atoms. The fourth-order valence-corrected chi connectivity index (χ4v) is 5.10. The number of hydrogen-bond donors (Lipinski definition) is 0. The summed E-state index contributed by atoms with van der Waals surface area (Å²) in [6.07, 6.45) is 4.85. The van der Waals surface area contributed by atoms with E-state index in [1.807, 2.05) is 0 Å². The zero-order valence-corrected chi connectivity index (χ0v) is 15.6. The highest BCUT2D eigenvalue weighted by Gasteiger charge is 2.40. The predicted octanol–water partition coefficient (Wildman–Crippen LogP) is 4.58. The molecule has 3 aromatic rings. The quantitative estimate of drug-likeness (QED) is 0.688. The van der Waals surface area contributed by atoms with Gasteiger partial charge in [-0.05, 0) is 55.6 Å². The van der Waals surface area contributed by atoms with E-state index in [2.05, 4.69) is 65.0 Å². The second-order valence-electron chi connectivity index (χ2n) is 7.75. The van der Waals surface area contributed by atoms with Crippen LogP contribution in [0.5, 0.6) is 5.75 Å². The van der Waals surface area contributed by atoms with Crippen LogP contribution in [0.2, 0.25) is 0 Å². The molecule has 2 atom stereocenters. The summed E-state index contributed by atoms with van der Waals surface area (Å²) in [5.74, 6) is 0.961. The van der Waals surface area contributed by atoms with Crippen LogP contribution in [-0.2, 0) is 19.4 Å². The Kier molecular flexibility index (Phi) is 3.79. The minimum Gasteiger partial charge on any atom is -0.497 e. The van der Waals surface area contributed by atoms with Gasteiger partial charge in [0.25, 0.3) is 0 Å². The van der Waals surface area contributed by atoms with Gasteiger partial charge in [0.15, 0.2) is 0 Å². The van der Waals surface area contributed by atoms with E-state index in [4.69, 9.17) is 4.74 Å². The SMILES string of the molecule is COc1ccc2c(c1)c1c(n2CCc2ccccc2)CC2CCC1N2C. The zero-order chi connectivity index (χ0) is 17.7. The van der Waals surface area contributed by atoms with Crippen molar-refractivity contribution in [3.8, 4) is 5.75 Å². The maximum atomic E-state index is 5.54. The third-order valence-electron chi connectivity index (χ3n) is 6.49. The molecule has 0 saturated carbocycles. The van der Waals surface area contributed by atoms with Gasteiger partial charge in [-0.2, -0.15) is 0 Å². The fourth-order valence-electron chi connectivity index (χ4n) is 5.10. The number of aryl methyl sites for hydroxylation is 2. The monoisotopic (exact) mass is 346 g/mol. The number of aromatic nitrogens is 1. The van der Waals surface area contributed by atoms with Gasteiger partial charge in [0.2, 0.25) is 0 Å². The van der Waals surface area contributed by atoms with Crippen LogP contribution in [0.3, 0.4) is 0 Å². The van der Waals surface area contributed by atoms with Crippen molar-refractivity contribution in [2.75, 3.05) is 14.2 Å². The summed E-state index contributed by atoms with van der Waals surface area (Å²) in [7, 11) is 4.07. The highest BCUT2D eigenvalue weighted by atomic mass is 16.5. The first-order valence-electron chi connectivity index (χ1n) is 9.71. The molecule has 0 radical (unpaired) electrons. The van der Waals surface area contributed by atoms with Crippen molar-refractivity contribution in [1.82, 2.24) is 9.47 Å². The molecule has 0 N–H and O–H groups in total. The van der Waals surface area contributed by atoms with E-state index in [0.717, 1.165) is 18.7 Å². The van der Waals surface area contributed by atoms with E-state index in [9.17, 15) is 0 Å². The van der Waals surface area contributed by atoms with Crippen molar-refractivity contribution in [1.29, 1.82) is 0 Å². The fraction of sp³-hybridized carbons (Fsp3) is 0.391. The number of likely N-dealkylation sites (N-methyl/N-ethyl adjacent to an activating group) is 1. The summed E-state index contributed by atoms with van der Waals surface area (Å²) in [5.41, 5.74) is 5.90. The lowest BCUT2D eigenvalue weighted by Gasteiger charge is -2.32. The van der Waals surface area contributed by atoms with Crippen molar-refractivity contribution >= 4 is 10.9 Å². The first-order valence-corrected chi connectivity index (χ1v) is 9.71. The Hall–Kier alpha value is -2.26. The molecule has 134 valence electrons. The van der Waals surface area contributed by atoms with Gasteiger partial charge in [0.05, 0.1) is 7.11 Å². The standard InChI is InChI=1S/C23H26N2O/c1-24-17-8-10-21(24)23-19-15-18(26-2)9-11-20(19)25(22(23)14-17)13-12-16-6-4-3-5-7-16/h3-7,9,11,15,17,21H,8,10,12-14H2,1-2H3.